The highest BCUT2D eigenvalue weighted by atomic mass is 16.5. The Bertz CT molecular complexity index is 688. The number of carbonyl (C=O) groups is 3. The molecule has 1 atom stereocenters. The molecule has 1 rings (SSSR count). The summed E-state index contributed by atoms with van der Waals surface area (Å²) in [4.78, 5) is 39.3. The number of aromatic nitrogens is 1. The standard InChI is InChI=1S/C20H32N2O4/c1-9-16(23)22(11-10-12(2)3)15(6)19(24)17-13(4)18(20(25)26-8)21(7)14(17)5/h12,15H,9-11H2,1-8H3/t15-/m1/s1. The Balaban J connectivity index is 3.28. The zero-order chi connectivity index (χ0) is 20.2. The van der Waals surface area contributed by atoms with Gasteiger partial charge in [0, 0.05) is 31.3 Å². The third-order valence-electron chi connectivity index (χ3n) is 4.97. The number of rotatable bonds is 8. The maximum atomic E-state index is 13.2. The molecule has 6 nitrogen and oxygen atoms in total. The minimum Gasteiger partial charge on any atom is -0.464 e. The average molecular weight is 364 g/mol. The van der Waals surface area contributed by atoms with Gasteiger partial charge in [0.15, 0.2) is 5.78 Å². The molecule has 0 aliphatic heterocycles. The van der Waals surface area contributed by atoms with Gasteiger partial charge in [0.1, 0.15) is 5.69 Å². The fourth-order valence-electron chi connectivity index (χ4n) is 3.21. The van der Waals surface area contributed by atoms with Crippen LogP contribution in [0.4, 0.5) is 0 Å². The smallest absolute Gasteiger partial charge is 0.354 e. The monoisotopic (exact) mass is 364 g/mol. The van der Waals surface area contributed by atoms with Crippen LogP contribution in [0.25, 0.3) is 0 Å². The minimum absolute atomic E-state index is 0.0362. The number of amides is 1. The zero-order valence-electron chi connectivity index (χ0n) is 17.3. The lowest BCUT2D eigenvalue weighted by molar-refractivity contribution is -0.132. The first-order valence-electron chi connectivity index (χ1n) is 9.16. The van der Waals surface area contributed by atoms with Crippen LogP contribution in [0.5, 0.6) is 0 Å². The fraction of sp³-hybridized carbons (Fsp3) is 0.650. The first-order valence-corrected chi connectivity index (χ1v) is 9.16. The molecule has 0 N–H and O–H groups in total. The lowest BCUT2D eigenvalue weighted by Gasteiger charge is -2.29. The van der Waals surface area contributed by atoms with Crippen molar-refractivity contribution in [2.45, 2.75) is 60.4 Å². The van der Waals surface area contributed by atoms with Gasteiger partial charge in [-0.25, -0.2) is 4.79 Å². The highest BCUT2D eigenvalue weighted by molar-refractivity contribution is 6.06. The van der Waals surface area contributed by atoms with Crippen molar-refractivity contribution in [3.8, 4) is 0 Å². The Kier molecular flexibility index (Phi) is 7.60. The van der Waals surface area contributed by atoms with E-state index in [4.69, 9.17) is 4.74 Å². The second-order valence-electron chi connectivity index (χ2n) is 7.15. The molecule has 1 aromatic rings. The van der Waals surface area contributed by atoms with Gasteiger partial charge in [0.05, 0.1) is 13.2 Å². The number of nitrogens with zero attached hydrogens (tertiary/aromatic N) is 2. The van der Waals surface area contributed by atoms with Crippen molar-refractivity contribution >= 4 is 17.7 Å². The predicted octanol–water partition coefficient (Wildman–Crippen LogP) is 3.28. The average Bonchev–Trinajstić information content (AvgIpc) is 2.82. The van der Waals surface area contributed by atoms with Gasteiger partial charge in [0.25, 0.3) is 0 Å². The van der Waals surface area contributed by atoms with Crippen LogP contribution in [-0.2, 0) is 16.6 Å². The van der Waals surface area contributed by atoms with E-state index in [1.807, 2.05) is 0 Å². The molecule has 0 bridgehead atoms. The van der Waals surface area contributed by atoms with E-state index in [1.165, 1.54) is 7.11 Å². The highest BCUT2D eigenvalue weighted by Crippen LogP contribution is 2.25. The summed E-state index contributed by atoms with van der Waals surface area (Å²) in [5.74, 6) is -0.209. The van der Waals surface area contributed by atoms with Gasteiger partial charge in [-0.1, -0.05) is 20.8 Å². The molecule has 26 heavy (non-hydrogen) atoms. The van der Waals surface area contributed by atoms with Crippen LogP contribution in [0.3, 0.4) is 0 Å². The van der Waals surface area contributed by atoms with Gasteiger partial charge in [0.2, 0.25) is 5.91 Å². The van der Waals surface area contributed by atoms with Crippen LogP contribution in [-0.4, -0.2) is 46.8 Å². The van der Waals surface area contributed by atoms with E-state index < -0.39 is 12.0 Å². The first kappa shape index (κ1) is 21.9. The third kappa shape index (κ3) is 4.34. The van der Waals surface area contributed by atoms with Crippen LogP contribution in [0, 0.1) is 19.8 Å². The second kappa shape index (κ2) is 9.01. The molecule has 0 spiro atoms. The Morgan fingerprint density at radius 1 is 1.15 bits per heavy atom. The maximum absolute atomic E-state index is 13.2. The van der Waals surface area contributed by atoms with Gasteiger partial charge in [-0.3, -0.25) is 9.59 Å². The summed E-state index contributed by atoms with van der Waals surface area (Å²) in [6.45, 7) is 11.9. The number of hydrogen-bond donors (Lipinski definition) is 0. The summed E-state index contributed by atoms with van der Waals surface area (Å²) >= 11 is 0. The van der Waals surface area contributed by atoms with Crippen LogP contribution in [0.2, 0.25) is 0 Å². The molecule has 1 heterocycles. The molecule has 6 heteroatoms. The number of esters is 1. The van der Waals surface area contributed by atoms with Gasteiger partial charge < -0.3 is 14.2 Å². The lowest BCUT2D eigenvalue weighted by Crippen LogP contribution is -2.44. The largest absolute Gasteiger partial charge is 0.464 e. The first-order chi connectivity index (χ1) is 12.1. The van der Waals surface area contributed by atoms with Crippen molar-refractivity contribution in [3.05, 3.63) is 22.5 Å². The molecule has 0 saturated heterocycles. The molecule has 0 radical (unpaired) electrons. The number of ether oxygens (including phenoxy) is 1. The van der Waals surface area contributed by atoms with E-state index >= 15 is 0 Å². The van der Waals surface area contributed by atoms with Gasteiger partial charge in [-0.15, -0.1) is 0 Å². The van der Waals surface area contributed by atoms with Crippen LogP contribution < -0.4 is 0 Å². The molecule has 0 fully saturated rings. The maximum Gasteiger partial charge on any atom is 0.354 e. The Hall–Kier alpha value is -2.11. The van der Waals surface area contributed by atoms with Gasteiger partial charge >= 0.3 is 5.97 Å². The van der Waals surface area contributed by atoms with Crippen molar-refractivity contribution < 1.29 is 19.1 Å². The molecule has 0 unspecified atom stereocenters. The Labute approximate surface area is 156 Å². The van der Waals surface area contributed by atoms with E-state index in [-0.39, 0.29) is 11.7 Å². The zero-order valence-corrected chi connectivity index (χ0v) is 17.3. The van der Waals surface area contributed by atoms with Crippen LogP contribution in [0.1, 0.15) is 72.6 Å². The summed E-state index contributed by atoms with van der Waals surface area (Å²) in [7, 11) is 3.06. The van der Waals surface area contributed by atoms with Gasteiger partial charge in [-0.2, -0.15) is 0 Å². The lowest BCUT2D eigenvalue weighted by atomic mass is 9.99. The number of methoxy groups -OCH3 is 1. The van der Waals surface area contributed by atoms with Crippen LogP contribution in [0.15, 0.2) is 0 Å². The third-order valence-corrected chi connectivity index (χ3v) is 4.97. The Morgan fingerprint density at radius 2 is 1.73 bits per heavy atom. The second-order valence-corrected chi connectivity index (χ2v) is 7.15. The summed E-state index contributed by atoms with van der Waals surface area (Å²) < 4.78 is 6.52. The van der Waals surface area contributed by atoms with Crippen LogP contribution >= 0.6 is 0 Å². The predicted molar refractivity (Wildman–Crippen MR) is 101 cm³/mol. The van der Waals surface area contributed by atoms with E-state index in [0.717, 1.165) is 6.42 Å². The van der Waals surface area contributed by atoms with Crippen molar-refractivity contribution in [1.29, 1.82) is 0 Å². The van der Waals surface area contributed by atoms with Crippen molar-refractivity contribution in [2.75, 3.05) is 13.7 Å². The molecule has 0 aliphatic rings. The van der Waals surface area contributed by atoms with E-state index in [2.05, 4.69) is 13.8 Å². The summed E-state index contributed by atoms with van der Waals surface area (Å²) in [5, 5.41) is 0. The van der Waals surface area contributed by atoms with Crippen molar-refractivity contribution in [1.82, 2.24) is 9.47 Å². The molecule has 0 aliphatic carbocycles. The summed E-state index contributed by atoms with van der Waals surface area (Å²) in [6, 6.07) is -0.577. The molecule has 0 saturated carbocycles. The highest BCUT2D eigenvalue weighted by Gasteiger charge is 2.31. The molecule has 1 aromatic heterocycles. The topological polar surface area (TPSA) is 68.6 Å². The van der Waals surface area contributed by atoms with E-state index in [0.29, 0.717) is 41.4 Å². The number of hydrogen-bond acceptors (Lipinski definition) is 4. The van der Waals surface area contributed by atoms with E-state index in [1.54, 1.807) is 44.2 Å². The molecule has 1 amide bonds. The SMILES string of the molecule is CCC(=O)N(CCC(C)C)[C@H](C)C(=O)c1c(C)c(C(=O)OC)n(C)c1C. The number of Topliss-reactive ketones (excluding diaryl/α,β-unsaturated/α-hetero) is 1. The Morgan fingerprint density at radius 3 is 2.19 bits per heavy atom. The quantitative estimate of drug-likeness (QED) is 0.524. The number of carbonyl (C=O) groups excluding carboxylic acids is 3. The van der Waals surface area contributed by atoms with Crippen molar-refractivity contribution in [3.63, 3.8) is 0 Å². The normalized spacial score (nSPS) is 12.2. The number of ketones is 1. The molecular formula is C20H32N2O4. The molecular weight excluding hydrogens is 332 g/mol. The molecule has 146 valence electrons. The van der Waals surface area contributed by atoms with Crippen molar-refractivity contribution in [2.24, 2.45) is 13.0 Å². The summed E-state index contributed by atoms with van der Waals surface area (Å²) in [6.07, 6.45) is 1.19. The minimum atomic E-state index is -0.577. The van der Waals surface area contributed by atoms with E-state index in [9.17, 15) is 14.4 Å². The van der Waals surface area contributed by atoms with Gasteiger partial charge in [-0.05, 0) is 38.7 Å². The fourth-order valence-corrected chi connectivity index (χ4v) is 3.21. The summed E-state index contributed by atoms with van der Waals surface area (Å²) in [5.41, 5.74) is 2.17. The molecule has 0 aromatic carbocycles.